The predicted octanol–water partition coefficient (Wildman–Crippen LogP) is 4.47. The molecule has 5 rings (SSSR count). The van der Waals surface area contributed by atoms with Crippen LogP contribution in [0.3, 0.4) is 0 Å². The van der Waals surface area contributed by atoms with E-state index in [1.807, 2.05) is 6.07 Å². The zero-order valence-electron chi connectivity index (χ0n) is 16.2. The van der Waals surface area contributed by atoms with Crippen LogP contribution in [-0.4, -0.2) is 47.3 Å². The highest BCUT2D eigenvalue weighted by Crippen LogP contribution is 2.44. The van der Waals surface area contributed by atoms with Gasteiger partial charge in [-0.3, -0.25) is 10.00 Å². The standard InChI is InChI=1S/C22H21Cl2FN4O/c23-13-9-16-15(18(24)10-13)12-20(29-7-5-26-6-8-29)22(16)30-21-2-1-14(25)11-17(21)19-3-4-27-28-19/h1-4,9-11,20,22,26H,5-8,12H2,(H,27,28). The Morgan fingerprint density at radius 3 is 2.70 bits per heavy atom. The van der Waals surface area contributed by atoms with Crippen molar-refractivity contribution in [2.24, 2.45) is 0 Å². The summed E-state index contributed by atoms with van der Waals surface area (Å²) in [4.78, 5) is 2.44. The quantitative estimate of drug-likeness (QED) is 0.620. The highest BCUT2D eigenvalue weighted by Gasteiger charge is 2.40. The fourth-order valence-corrected chi connectivity index (χ4v) is 5.04. The number of ether oxygens (including phenoxy) is 1. The Balaban J connectivity index is 1.56. The van der Waals surface area contributed by atoms with Crippen molar-refractivity contribution >= 4 is 23.2 Å². The highest BCUT2D eigenvalue weighted by molar-refractivity contribution is 6.35. The number of benzene rings is 2. The van der Waals surface area contributed by atoms with E-state index < -0.39 is 0 Å². The van der Waals surface area contributed by atoms with E-state index in [9.17, 15) is 4.39 Å². The molecule has 0 amide bonds. The fraction of sp³-hybridized carbons (Fsp3) is 0.318. The van der Waals surface area contributed by atoms with E-state index in [-0.39, 0.29) is 18.0 Å². The summed E-state index contributed by atoms with van der Waals surface area (Å²) < 4.78 is 20.6. The van der Waals surface area contributed by atoms with Gasteiger partial charge in [0.25, 0.3) is 0 Å². The third-order valence-electron chi connectivity index (χ3n) is 5.87. The number of aromatic nitrogens is 2. The van der Waals surface area contributed by atoms with Crippen molar-refractivity contribution in [3.8, 4) is 17.0 Å². The number of nitrogens with one attached hydrogen (secondary N) is 2. The number of halogens is 3. The van der Waals surface area contributed by atoms with Crippen LogP contribution in [0.1, 0.15) is 17.2 Å². The minimum absolute atomic E-state index is 0.123. The first-order valence-corrected chi connectivity index (χ1v) is 10.7. The first kappa shape index (κ1) is 19.8. The summed E-state index contributed by atoms with van der Waals surface area (Å²) in [7, 11) is 0. The van der Waals surface area contributed by atoms with Crippen LogP contribution in [0.5, 0.6) is 5.75 Å². The summed E-state index contributed by atoms with van der Waals surface area (Å²) in [6.07, 6.45) is 2.16. The first-order chi connectivity index (χ1) is 14.6. The molecule has 0 bridgehead atoms. The zero-order chi connectivity index (χ0) is 20.7. The number of hydrogen-bond donors (Lipinski definition) is 2. The van der Waals surface area contributed by atoms with Crippen LogP contribution < -0.4 is 10.1 Å². The third kappa shape index (κ3) is 3.69. The maximum atomic E-state index is 14.0. The van der Waals surface area contributed by atoms with Gasteiger partial charge in [0.05, 0.1) is 11.7 Å². The van der Waals surface area contributed by atoms with Crippen molar-refractivity contribution in [1.29, 1.82) is 0 Å². The van der Waals surface area contributed by atoms with Crippen LogP contribution >= 0.6 is 23.2 Å². The molecule has 1 saturated heterocycles. The van der Waals surface area contributed by atoms with Crippen molar-refractivity contribution in [3.63, 3.8) is 0 Å². The maximum Gasteiger partial charge on any atom is 0.140 e. The average molecular weight is 447 g/mol. The number of aromatic amines is 1. The smallest absolute Gasteiger partial charge is 0.140 e. The van der Waals surface area contributed by atoms with Crippen molar-refractivity contribution in [2.45, 2.75) is 18.6 Å². The number of piperazine rings is 1. The molecule has 0 spiro atoms. The van der Waals surface area contributed by atoms with Crippen LogP contribution in [0, 0.1) is 5.82 Å². The number of nitrogens with zero attached hydrogens (tertiary/aromatic N) is 2. The van der Waals surface area contributed by atoms with Gasteiger partial charge in [0, 0.05) is 53.5 Å². The molecule has 1 aliphatic heterocycles. The number of H-pyrrole nitrogens is 1. The number of rotatable bonds is 4. The van der Waals surface area contributed by atoms with E-state index in [0.717, 1.165) is 43.7 Å². The van der Waals surface area contributed by atoms with E-state index in [0.29, 0.717) is 27.1 Å². The Bertz CT molecular complexity index is 1050. The van der Waals surface area contributed by atoms with E-state index in [2.05, 4.69) is 20.4 Å². The molecule has 3 aromatic rings. The summed E-state index contributed by atoms with van der Waals surface area (Å²) >= 11 is 12.9. The molecule has 0 radical (unpaired) electrons. The van der Waals surface area contributed by atoms with Crippen molar-refractivity contribution in [2.75, 3.05) is 26.2 Å². The molecule has 1 aromatic heterocycles. The van der Waals surface area contributed by atoms with Gasteiger partial charge in [0.1, 0.15) is 17.7 Å². The van der Waals surface area contributed by atoms with Crippen molar-refractivity contribution < 1.29 is 9.13 Å². The van der Waals surface area contributed by atoms with Gasteiger partial charge in [-0.2, -0.15) is 5.10 Å². The zero-order valence-corrected chi connectivity index (χ0v) is 17.7. The summed E-state index contributed by atoms with van der Waals surface area (Å²) in [5, 5.41) is 11.5. The van der Waals surface area contributed by atoms with Gasteiger partial charge < -0.3 is 10.1 Å². The minimum Gasteiger partial charge on any atom is -0.483 e. The van der Waals surface area contributed by atoms with Crippen molar-refractivity contribution in [3.05, 3.63) is 69.6 Å². The second-order valence-corrected chi connectivity index (χ2v) is 8.51. The van der Waals surface area contributed by atoms with Crippen LogP contribution in [0.15, 0.2) is 42.6 Å². The lowest BCUT2D eigenvalue weighted by Crippen LogP contribution is -2.50. The van der Waals surface area contributed by atoms with Crippen LogP contribution in [0.25, 0.3) is 11.3 Å². The molecular weight excluding hydrogens is 426 g/mol. The Hall–Kier alpha value is -2.12. The largest absolute Gasteiger partial charge is 0.483 e. The second-order valence-electron chi connectivity index (χ2n) is 7.66. The lowest BCUT2D eigenvalue weighted by molar-refractivity contribution is 0.0697. The highest BCUT2D eigenvalue weighted by atomic mass is 35.5. The molecule has 1 fully saturated rings. The fourth-order valence-electron chi connectivity index (χ4n) is 4.45. The maximum absolute atomic E-state index is 14.0. The van der Waals surface area contributed by atoms with E-state index in [4.69, 9.17) is 27.9 Å². The van der Waals surface area contributed by atoms with Crippen LogP contribution in [0.2, 0.25) is 10.0 Å². The van der Waals surface area contributed by atoms with E-state index in [1.54, 1.807) is 24.4 Å². The van der Waals surface area contributed by atoms with Gasteiger partial charge in [-0.1, -0.05) is 23.2 Å². The van der Waals surface area contributed by atoms with Gasteiger partial charge >= 0.3 is 0 Å². The number of fused-ring (bicyclic) bond motifs is 1. The van der Waals surface area contributed by atoms with Gasteiger partial charge in [-0.15, -0.1) is 0 Å². The van der Waals surface area contributed by atoms with Crippen LogP contribution in [0.4, 0.5) is 4.39 Å². The second kappa shape index (κ2) is 8.19. The first-order valence-electron chi connectivity index (χ1n) is 9.98. The SMILES string of the molecule is Fc1ccc(OC2c3cc(Cl)cc(Cl)c3CC2N2CCNCC2)c(-c2ccn[nH]2)c1. The van der Waals surface area contributed by atoms with Gasteiger partial charge in [-0.25, -0.2) is 4.39 Å². The normalized spacial score (nSPS) is 21.6. The monoisotopic (exact) mass is 446 g/mol. The van der Waals surface area contributed by atoms with Crippen molar-refractivity contribution in [1.82, 2.24) is 20.4 Å². The summed E-state index contributed by atoms with van der Waals surface area (Å²) in [5.41, 5.74) is 3.40. The van der Waals surface area contributed by atoms with Crippen LogP contribution in [-0.2, 0) is 6.42 Å². The molecule has 30 heavy (non-hydrogen) atoms. The molecule has 2 heterocycles. The third-order valence-corrected chi connectivity index (χ3v) is 6.43. The molecule has 1 aliphatic carbocycles. The molecule has 2 unspecified atom stereocenters. The predicted molar refractivity (Wildman–Crippen MR) is 116 cm³/mol. The van der Waals surface area contributed by atoms with E-state index >= 15 is 0 Å². The summed E-state index contributed by atoms with van der Waals surface area (Å²) in [6.45, 7) is 3.73. The molecule has 0 saturated carbocycles. The molecule has 2 N–H and O–H groups in total. The van der Waals surface area contributed by atoms with Gasteiger partial charge in [0.2, 0.25) is 0 Å². The molecule has 5 nitrogen and oxygen atoms in total. The topological polar surface area (TPSA) is 53.2 Å². The average Bonchev–Trinajstić information content (AvgIpc) is 3.39. The molecule has 2 atom stereocenters. The molecule has 8 heteroatoms. The Labute approximate surface area is 184 Å². The molecule has 2 aliphatic rings. The Morgan fingerprint density at radius 1 is 1.10 bits per heavy atom. The molecule has 2 aromatic carbocycles. The minimum atomic E-state index is -0.330. The summed E-state index contributed by atoms with van der Waals surface area (Å²) in [6, 6.07) is 10.2. The summed E-state index contributed by atoms with van der Waals surface area (Å²) in [5.74, 6) is 0.262. The lowest BCUT2D eigenvalue weighted by atomic mass is 10.1. The Morgan fingerprint density at radius 2 is 1.93 bits per heavy atom. The Kier molecular flexibility index (Phi) is 5.41. The molecule has 156 valence electrons. The van der Waals surface area contributed by atoms with E-state index in [1.165, 1.54) is 12.1 Å². The van der Waals surface area contributed by atoms with Gasteiger partial charge in [0.15, 0.2) is 0 Å². The lowest BCUT2D eigenvalue weighted by Gasteiger charge is -2.36. The van der Waals surface area contributed by atoms with Gasteiger partial charge in [-0.05, 0) is 48.4 Å². The number of hydrogen-bond acceptors (Lipinski definition) is 4. The molecular formula is C22H21Cl2FN4O.